The lowest BCUT2D eigenvalue weighted by atomic mass is 10.2. The molecule has 0 heterocycles. The van der Waals surface area contributed by atoms with Crippen molar-refractivity contribution >= 4 is 6.41 Å². The fraction of sp³-hybridized carbons (Fsp3) is 0.727. The minimum Gasteiger partial charge on any atom is -0.377 e. The van der Waals surface area contributed by atoms with E-state index >= 15 is 0 Å². The Balaban J connectivity index is 3.06. The first-order chi connectivity index (χ1) is 7.27. The van der Waals surface area contributed by atoms with Crippen molar-refractivity contribution in [2.45, 2.75) is 13.8 Å². The predicted octanol–water partition coefficient (Wildman–Crippen LogP) is 0.425. The minimum absolute atomic E-state index is 0.388. The van der Waals surface area contributed by atoms with E-state index in [9.17, 15) is 4.79 Å². The largest absolute Gasteiger partial charge is 0.377 e. The van der Waals surface area contributed by atoms with Gasteiger partial charge in [-0.3, -0.25) is 4.79 Å². The molecule has 0 bridgehead atoms. The van der Waals surface area contributed by atoms with Gasteiger partial charge in [-0.25, -0.2) is 0 Å². The molecule has 0 unspecified atom stereocenters. The number of nitrogens with one attached hydrogen (secondary N) is 1. The van der Waals surface area contributed by atoms with Crippen LogP contribution >= 0.6 is 0 Å². The van der Waals surface area contributed by atoms with Gasteiger partial charge in [-0.2, -0.15) is 0 Å². The van der Waals surface area contributed by atoms with Gasteiger partial charge in [0.1, 0.15) is 6.61 Å². The molecule has 1 N–H and O–H groups in total. The normalized spacial score (nSPS) is 9.53. The van der Waals surface area contributed by atoms with Gasteiger partial charge < -0.3 is 14.8 Å². The topological polar surface area (TPSA) is 47.6 Å². The van der Waals surface area contributed by atoms with Crippen LogP contribution in [0.1, 0.15) is 13.8 Å². The summed E-state index contributed by atoms with van der Waals surface area (Å²) in [7, 11) is 0. The number of rotatable bonds is 8. The summed E-state index contributed by atoms with van der Waals surface area (Å²) in [5.41, 5.74) is 0. The summed E-state index contributed by atoms with van der Waals surface area (Å²) in [4.78, 5) is 9.86. The van der Waals surface area contributed by atoms with Crippen molar-refractivity contribution in [2.75, 3.05) is 33.0 Å². The SMILES string of the molecule is CC(C)C#CCOCCOCCNC=O. The number of ether oxygens (including phenoxy) is 2. The van der Waals surface area contributed by atoms with Crippen molar-refractivity contribution < 1.29 is 14.3 Å². The maximum atomic E-state index is 9.86. The molecule has 0 spiro atoms. The average Bonchev–Trinajstić information content (AvgIpc) is 2.20. The summed E-state index contributed by atoms with van der Waals surface area (Å²) >= 11 is 0. The summed E-state index contributed by atoms with van der Waals surface area (Å²) in [6, 6.07) is 0. The highest BCUT2D eigenvalue weighted by Crippen LogP contribution is 1.85. The van der Waals surface area contributed by atoms with E-state index in [1.807, 2.05) is 13.8 Å². The van der Waals surface area contributed by atoms with E-state index in [4.69, 9.17) is 9.47 Å². The van der Waals surface area contributed by atoms with Crippen LogP contribution in [-0.4, -0.2) is 39.4 Å². The molecule has 0 aliphatic rings. The Morgan fingerprint density at radius 1 is 1.27 bits per heavy atom. The third-order valence-electron chi connectivity index (χ3n) is 1.41. The zero-order valence-electron chi connectivity index (χ0n) is 9.41. The summed E-state index contributed by atoms with van der Waals surface area (Å²) in [6.45, 7) is 6.65. The second-order valence-corrected chi connectivity index (χ2v) is 3.21. The Morgan fingerprint density at radius 3 is 2.67 bits per heavy atom. The smallest absolute Gasteiger partial charge is 0.207 e. The molecule has 0 atom stereocenters. The molecule has 0 aromatic heterocycles. The fourth-order valence-electron chi connectivity index (χ4n) is 0.779. The minimum atomic E-state index is 0.388. The number of amides is 1. The van der Waals surface area contributed by atoms with E-state index in [2.05, 4.69) is 17.2 Å². The van der Waals surface area contributed by atoms with Crippen molar-refractivity contribution in [1.29, 1.82) is 0 Å². The standard InChI is InChI=1S/C11H19NO3/c1-11(2)4-3-6-14-8-9-15-7-5-12-10-13/h10-11H,5-9H2,1-2H3,(H,12,13). The first-order valence-electron chi connectivity index (χ1n) is 5.08. The Hall–Kier alpha value is -1.05. The van der Waals surface area contributed by atoms with E-state index in [-0.39, 0.29) is 0 Å². The van der Waals surface area contributed by atoms with Crippen LogP contribution in [0.3, 0.4) is 0 Å². The van der Waals surface area contributed by atoms with E-state index in [1.165, 1.54) is 0 Å². The zero-order chi connectivity index (χ0) is 11.4. The molecular weight excluding hydrogens is 194 g/mol. The van der Waals surface area contributed by atoms with Crippen LogP contribution in [0.25, 0.3) is 0 Å². The van der Waals surface area contributed by atoms with Gasteiger partial charge in [0.15, 0.2) is 0 Å². The summed E-state index contributed by atoms with van der Waals surface area (Å²) in [5, 5.41) is 2.50. The molecule has 1 amide bonds. The Morgan fingerprint density at radius 2 is 2.00 bits per heavy atom. The molecule has 0 fully saturated rings. The maximum absolute atomic E-state index is 9.86. The van der Waals surface area contributed by atoms with E-state index < -0.39 is 0 Å². The maximum Gasteiger partial charge on any atom is 0.207 e. The quantitative estimate of drug-likeness (QED) is 0.361. The molecular formula is C11H19NO3. The number of hydrogen-bond donors (Lipinski definition) is 1. The van der Waals surface area contributed by atoms with Crippen LogP contribution in [0.4, 0.5) is 0 Å². The average molecular weight is 213 g/mol. The monoisotopic (exact) mass is 213 g/mol. The third kappa shape index (κ3) is 12.9. The lowest BCUT2D eigenvalue weighted by Gasteiger charge is -2.02. The van der Waals surface area contributed by atoms with Crippen molar-refractivity contribution in [3.63, 3.8) is 0 Å². The van der Waals surface area contributed by atoms with Gasteiger partial charge in [0.05, 0.1) is 19.8 Å². The highest BCUT2D eigenvalue weighted by molar-refractivity contribution is 5.45. The van der Waals surface area contributed by atoms with Gasteiger partial charge in [0.25, 0.3) is 0 Å². The summed E-state index contributed by atoms with van der Waals surface area (Å²) < 4.78 is 10.4. The van der Waals surface area contributed by atoms with E-state index in [1.54, 1.807) is 0 Å². The van der Waals surface area contributed by atoms with Crippen LogP contribution in [0.15, 0.2) is 0 Å². The first-order valence-corrected chi connectivity index (χ1v) is 5.08. The molecule has 0 saturated heterocycles. The Bertz CT molecular complexity index is 206. The molecule has 4 heteroatoms. The molecule has 0 aliphatic carbocycles. The van der Waals surface area contributed by atoms with Crippen molar-refractivity contribution in [3.05, 3.63) is 0 Å². The molecule has 0 rings (SSSR count). The lowest BCUT2D eigenvalue weighted by molar-refractivity contribution is -0.109. The number of hydrogen-bond acceptors (Lipinski definition) is 3. The zero-order valence-corrected chi connectivity index (χ0v) is 9.41. The number of carbonyl (C=O) groups is 1. The fourth-order valence-corrected chi connectivity index (χ4v) is 0.779. The number of carbonyl (C=O) groups excluding carboxylic acids is 1. The second-order valence-electron chi connectivity index (χ2n) is 3.21. The molecule has 15 heavy (non-hydrogen) atoms. The molecule has 86 valence electrons. The van der Waals surface area contributed by atoms with Gasteiger partial charge in [-0.15, -0.1) is 0 Å². The molecule has 0 aromatic rings. The Kier molecular flexibility index (Phi) is 10.3. The van der Waals surface area contributed by atoms with Crippen molar-refractivity contribution in [1.82, 2.24) is 5.32 Å². The van der Waals surface area contributed by atoms with Gasteiger partial charge in [-0.05, 0) is 0 Å². The van der Waals surface area contributed by atoms with Crippen LogP contribution in [0.2, 0.25) is 0 Å². The van der Waals surface area contributed by atoms with Gasteiger partial charge in [-0.1, -0.05) is 25.7 Å². The van der Waals surface area contributed by atoms with Gasteiger partial charge >= 0.3 is 0 Å². The summed E-state index contributed by atoms with van der Waals surface area (Å²) in [6.07, 6.45) is 0.654. The molecule has 0 saturated carbocycles. The molecule has 4 nitrogen and oxygen atoms in total. The molecule has 0 radical (unpaired) electrons. The first kappa shape index (κ1) is 13.9. The van der Waals surface area contributed by atoms with Crippen LogP contribution in [-0.2, 0) is 14.3 Å². The third-order valence-corrected chi connectivity index (χ3v) is 1.41. The Labute approximate surface area is 91.3 Å². The predicted molar refractivity (Wildman–Crippen MR) is 58.3 cm³/mol. The van der Waals surface area contributed by atoms with E-state index in [0.29, 0.717) is 45.3 Å². The van der Waals surface area contributed by atoms with E-state index in [0.717, 1.165) is 0 Å². The van der Waals surface area contributed by atoms with Crippen LogP contribution in [0, 0.1) is 17.8 Å². The van der Waals surface area contributed by atoms with Crippen LogP contribution in [0.5, 0.6) is 0 Å². The lowest BCUT2D eigenvalue weighted by Crippen LogP contribution is -2.18. The van der Waals surface area contributed by atoms with Gasteiger partial charge in [0, 0.05) is 12.5 Å². The molecule has 0 aromatic carbocycles. The van der Waals surface area contributed by atoms with Crippen molar-refractivity contribution in [3.8, 4) is 11.8 Å². The van der Waals surface area contributed by atoms with Gasteiger partial charge in [0.2, 0.25) is 6.41 Å². The van der Waals surface area contributed by atoms with Crippen LogP contribution < -0.4 is 5.32 Å². The summed E-state index contributed by atoms with van der Waals surface area (Å²) in [5.74, 6) is 6.30. The second kappa shape index (κ2) is 11.0. The van der Waals surface area contributed by atoms with Crippen molar-refractivity contribution in [2.24, 2.45) is 5.92 Å². The highest BCUT2D eigenvalue weighted by atomic mass is 16.5. The highest BCUT2D eigenvalue weighted by Gasteiger charge is 1.88. The molecule has 0 aliphatic heterocycles.